The quantitative estimate of drug-likeness (QED) is 0.777. The van der Waals surface area contributed by atoms with Crippen molar-refractivity contribution >= 4 is 40.7 Å². The van der Waals surface area contributed by atoms with Crippen molar-refractivity contribution in [3.63, 3.8) is 0 Å². The summed E-state index contributed by atoms with van der Waals surface area (Å²) in [7, 11) is 0. The Morgan fingerprint density at radius 3 is 2.64 bits per heavy atom. The van der Waals surface area contributed by atoms with Crippen LogP contribution in [0.1, 0.15) is 28.4 Å². The number of para-hydroxylation sites is 1. The zero-order chi connectivity index (χ0) is 15.7. The number of ether oxygens (including phenoxy) is 1. The van der Waals surface area contributed by atoms with Gasteiger partial charge in [0.1, 0.15) is 5.75 Å². The van der Waals surface area contributed by atoms with Crippen LogP contribution in [0.3, 0.4) is 0 Å². The maximum atomic E-state index is 12.5. The van der Waals surface area contributed by atoms with Crippen molar-refractivity contribution in [2.75, 3.05) is 6.61 Å². The standard InChI is InChI=1S/C16H12Cl3NO2/c17-10-5-6-11(18)15(19)14(10)16(21)20-12-7-8-22-13-4-2-1-3-9(12)13/h1-6,12H,7-8H2,(H,20,21). The number of halogens is 3. The molecular weight excluding hydrogens is 345 g/mol. The monoisotopic (exact) mass is 355 g/mol. The lowest BCUT2D eigenvalue weighted by Crippen LogP contribution is -2.32. The molecule has 0 spiro atoms. The Kier molecular flexibility index (Phi) is 4.48. The molecule has 114 valence electrons. The van der Waals surface area contributed by atoms with Crippen LogP contribution in [0, 0.1) is 0 Å². The molecule has 1 heterocycles. The van der Waals surface area contributed by atoms with Crippen LogP contribution in [-0.4, -0.2) is 12.5 Å². The van der Waals surface area contributed by atoms with Crippen molar-refractivity contribution < 1.29 is 9.53 Å². The van der Waals surface area contributed by atoms with Crippen LogP contribution >= 0.6 is 34.8 Å². The molecule has 3 nitrogen and oxygen atoms in total. The lowest BCUT2D eigenvalue weighted by molar-refractivity contribution is 0.0925. The average molecular weight is 357 g/mol. The van der Waals surface area contributed by atoms with Gasteiger partial charge in [0.15, 0.2) is 0 Å². The van der Waals surface area contributed by atoms with Crippen molar-refractivity contribution in [3.8, 4) is 5.75 Å². The van der Waals surface area contributed by atoms with E-state index < -0.39 is 0 Å². The van der Waals surface area contributed by atoms with Gasteiger partial charge in [0.25, 0.3) is 5.91 Å². The minimum absolute atomic E-state index is 0.149. The molecule has 0 bridgehead atoms. The van der Waals surface area contributed by atoms with Gasteiger partial charge in [0, 0.05) is 12.0 Å². The first kappa shape index (κ1) is 15.5. The second-order valence-electron chi connectivity index (χ2n) is 4.92. The second kappa shape index (κ2) is 6.37. The van der Waals surface area contributed by atoms with E-state index in [1.807, 2.05) is 24.3 Å². The zero-order valence-electron chi connectivity index (χ0n) is 11.4. The Bertz CT molecular complexity index is 733. The fraction of sp³-hybridized carbons (Fsp3) is 0.188. The first-order chi connectivity index (χ1) is 10.6. The highest BCUT2D eigenvalue weighted by atomic mass is 35.5. The highest BCUT2D eigenvalue weighted by molar-refractivity contribution is 6.46. The molecule has 1 atom stereocenters. The van der Waals surface area contributed by atoms with Crippen LogP contribution in [0.4, 0.5) is 0 Å². The molecule has 2 aromatic rings. The van der Waals surface area contributed by atoms with Crippen molar-refractivity contribution in [2.24, 2.45) is 0 Å². The Hall–Kier alpha value is -1.42. The summed E-state index contributed by atoms with van der Waals surface area (Å²) in [5.41, 5.74) is 1.14. The Labute approximate surface area is 143 Å². The van der Waals surface area contributed by atoms with Gasteiger partial charge in [-0.1, -0.05) is 53.0 Å². The predicted octanol–water partition coefficient (Wildman–Crippen LogP) is 4.90. The summed E-state index contributed by atoms with van der Waals surface area (Å²) in [4.78, 5) is 12.5. The first-order valence-electron chi connectivity index (χ1n) is 6.74. The van der Waals surface area contributed by atoms with Crippen LogP contribution in [0.5, 0.6) is 5.75 Å². The molecule has 1 aliphatic heterocycles. The molecule has 0 radical (unpaired) electrons. The van der Waals surface area contributed by atoms with E-state index in [0.717, 1.165) is 11.3 Å². The molecule has 2 aromatic carbocycles. The topological polar surface area (TPSA) is 38.3 Å². The second-order valence-corrected chi connectivity index (χ2v) is 6.11. The summed E-state index contributed by atoms with van der Waals surface area (Å²) in [5, 5.41) is 3.68. The molecule has 0 aliphatic carbocycles. The molecule has 0 saturated carbocycles. The number of fused-ring (bicyclic) bond motifs is 1. The largest absolute Gasteiger partial charge is 0.493 e. The number of rotatable bonds is 2. The summed E-state index contributed by atoms with van der Waals surface area (Å²) >= 11 is 18.2. The summed E-state index contributed by atoms with van der Waals surface area (Å²) < 4.78 is 5.58. The van der Waals surface area contributed by atoms with Crippen molar-refractivity contribution in [2.45, 2.75) is 12.5 Å². The maximum Gasteiger partial charge on any atom is 0.254 e. The van der Waals surface area contributed by atoms with E-state index in [1.54, 1.807) is 12.1 Å². The van der Waals surface area contributed by atoms with Crippen LogP contribution < -0.4 is 10.1 Å². The fourth-order valence-electron chi connectivity index (χ4n) is 2.46. The number of carbonyl (C=O) groups excluding carboxylic acids is 1. The van der Waals surface area contributed by atoms with Crippen molar-refractivity contribution in [3.05, 3.63) is 62.6 Å². The van der Waals surface area contributed by atoms with E-state index in [4.69, 9.17) is 39.5 Å². The maximum absolute atomic E-state index is 12.5. The van der Waals surface area contributed by atoms with Gasteiger partial charge in [0.2, 0.25) is 0 Å². The number of carbonyl (C=O) groups is 1. The van der Waals surface area contributed by atoms with Crippen molar-refractivity contribution in [1.29, 1.82) is 0 Å². The van der Waals surface area contributed by atoms with Gasteiger partial charge < -0.3 is 10.1 Å². The zero-order valence-corrected chi connectivity index (χ0v) is 13.7. The molecule has 1 unspecified atom stereocenters. The molecule has 22 heavy (non-hydrogen) atoms. The third-order valence-corrected chi connectivity index (χ3v) is 4.65. The number of hydrogen-bond acceptors (Lipinski definition) is 2. The van der Waals surface area contributed by atoms with Gasteiger partial charge >= 0.3 is 0 Å². The number of benzene rings is 2. The van der Waals surface area contributed by atoms with Gasteiger partial charge in [-0.15, -0.1) is 0 Å². The molecule has 1 amide bonds. The van der Waals surface area contributed by atoms with Crippen LogP contribution in [0.25, 0.3) is 0 Å². The molecule has 6 heteroatoms. The Balaban J connectivity index is 1.89. The third-order valence-electron chi connectivity index (χ3n) is 3.53. The first-order valence-corrected chi connectivity index (χ1v) is 7.87. The number of hydrogen-bond donors (Lipinski definition) is 1. The smallest absolute Gasteiger partial charge is 0.254 e. The van der Waals surface area contributed by atoms with Crippen LogP contribution in [-0.2, 0) is 0 Å². The molecule has 3 rings (SSSR count). The van der Waals surface area contributed by atoms with Gasteiger partial charge in [0.05, 0.1) is 33.3 Å². The molecular formula is C16H12Cl3NO2. The van der Waals surface area contributed by atoms with Crippen LogP contribution in [0.2, 0.25) is 15.1 Å². The van der Waals surface area contributed by atoms with Gasteiger partial charge in [-0.2, -0.15) is 0 Å². The highest BCUT2D eigenvalue weighted by Gasteiger charge is 2.25. The van der Waals surface area contributed by atoms with Gasteiger partial charge in [-0.25, -0.2) is 0 Å². The summed E-state index contributed by atoms with van der Waals surface area (Å²) in [6, 6.07) is 10.6. The van der Waals surface area contributed by atoms with Crippen molar-refractivity contribution in [1.82, 2.24) is 5.32 Å². The molecule has 0 saturated heterocycles. The van der Waals surface area contributed by atoms with E-state index in [9.17, 15) is 4.79 Å². The van der Waals surface area contributed by atoms with E-state index in [-0.39, 0.29) is 27.6 Å². The lowest BCUT2D eigenvalue weighted by atomic mass is 10.00. The van der Waals surface area contributed by atoms with E-state index in [1.165, 1.54) is 0 Å². The summed E-state index contributed by atoms with van der Waals surface area (Å²) in [6.07, 6.45) is 0.679. The normalized spacial score (nSPS) is 16.6. The molecule has 0 aromatic heterocycles. The fourth-order valence-corrected chi connectivity index (χ4v) is 3.16. The minimum Gasteiger partial charge on any atom is -0.493 e. The number of nitrogens with one attached hydrogen (secondary N) is 1. The van der Waals surface area contributed by atoms with E-state index >= 15 is 0 Å². The minimum atomic E-state index is -0.348. The Morgan fingerprint density at radius 2 is 1.82 bits per heavy atom. The Morgan fingerprint density at radius 1 is 1.09 bits per heavy atom. The van der Waals surface area contributed by atoms with Gasteiger partial charge in [-0.3, -0.25) is 4.79 Å². The molecule has 1 N–H and O–H groups in total. The summed E-state index contributed by atoms with van der Waals surface area (Å²) in [5.74, 6) is 0.432. The van der Waals surface area contributed by atoms with E-state index in [2.05, 4.69) is 5.32 Å². The third kappa shape index (κ3) is 2.89. The summed E-state index contributed by atoms with van der Waals surface area (Å²) in [6.45, 7) is 0.541. The SMILES string of the molecule is O=C(NC1CCOc2ccccc21)c1c(Cl)ccc(Cl)c1Cl. The molecule has 1 aliphatic rings. The van der Waals surface area contributed by atoms with Gasteiger partial charge in [-0.05, 0) is 18.2 Å². The molecule has 0 fully saturated rings. The predicted molar refractivity (Wildman–Crippen MR) is 88.2 cm³/mol. The van der Waals surface area contributed by atoms with Crippen LogP contribution in [0.15, 0.2) is 36.4 Å². The average Bonchev–Trinajstić information content (AvgIpc) is 2.52. The van der Waals surface area contributed by atoms with E-state index in [0.29, 0.717) is 18.1 Å². The number of amides is 1. The lowest BCUT2D eigenvalue weighted by Gasteiger charge is -2.27. The highest BCUT2D eigenvalue weighted by Crippen LogP contribution is 2.34.